The number of aryl methyl sites for hydroxylation is 3. The van der Waals surface area contributed by atoms with Crippen LogP contribution in [0.15, 0.2) is 59.1 Å². The molecule has 1 aliphatic heterocycles. The van der Waals surface area contributed by atoms with Gasteiger partial charge in [-0.2, -0.15) is 0 Å². The van der Waals surface area contributed by atoms with Crippen LogP contribution in [-0.2, 0) is 16.0 Å². The molecule has 3 heterocycles. The van der Waals surface area contributed by atoms with Crippen molar-refractivity contribution in [3.8, 4) is 11.3 Å². The lowest BCUT2D eigenvalue weighted by atomic mass is 10.0. The van der Waals surface area contributed by atoms with Gasteiger partial charge in [0.1, 0.15) is 0 Å². The fourth-order valence-electron chi connectivity index (χ4n) is 4.20. The van der Waals surface area contributed by atoms with Crippen LogP contribution < -0.4 is 4.90 Å². The van der Waals surface area contributed by atoms with Crippen LogP contribution in [0, 0.1) is 13.8 Å². The monoisotopic (exact) mass is 441 g/mol. The first-order valence-electron chi connectivity index (χ1n) is 10.9. The van der Waals surface area contributed by atoms with Crippen molar-refractivity contribution in [1.29, 1.82) is 0 Å². The zero-order valence-corrected chi connectivity index (χ0v) is 18.5. The average Bonchev–Trinajstić information content (AvgIpc) is 3.22. The minimum atomic E-state index is -0.610. The summed E-state index contributed by atoms with van der Waals surface area (Å²) in [6.45, 7) is 4.00. The Labute approximate surface area is 191 Å². The lowest BCUT2D eigenvalue weighted by Gasteiger charge is -2.29. The summed E-state index contributed by atoms with van der Waals surface area (Å²) in [5.74, 6) is -0.859. The van der Waals surface area contributed by atoms with Crippen LogP contribution in [0.25, 0.3) is 22.4 Å². The molecule has 33 heavy (non-hydrogen) atoms. The van der Waals surface area contributed by atoms with Crippen LogP contribution in [0.5, 0.6) is 0 Å². The standard InChI is InChI=1S/C26H23N3O4/c1-16-9-11-18(12-10-16)21-14-20(24-17(2)28-33-25(24)27-21)26(31)32-15-23(30)29-13-5-7-19-6-3-4-8-22(19)29/h3-4,6,8-12,14H,5,7,13,15H2,1-2H3. The molecule has 0 radical (unpaired) electrons. The molecule has 0 aliphatic carbocycles. The predicted octanol–water partition coefficient (Wildman–Crippen LogP) is 4.64. The summed E-state index contributed by atoms with van der Waals surface area (Å²) in [4.78, 5) is 32.2. The topological polar surface area (TPSA) is 85.5 Å². The van der Waals surface area contributed by atoms with E-state index < -0.39 is 5.97 Å². The van der Waals surface area contributed by atoms with Gasteiger partial charge in [0.2, 0.25) is 0 Å². The van der Waals surface area contributed by atoms with Gasteiger partial charge in [0, 0.05) is 17.8 Å². The number of amides is 1. The molecule has 1 amide bonds. The van der Waals surface area contributed by atoms with Gasteiger partial charge in [0.05, 0.1) is 22.3 Å². The number of carbonyl (C=O) groups is 2. The highest BCUT2D eigenvalue weighted by atomic mass is 16.5. The van der Waals surface area contributed by atoms with Crippen molar-refractivity contribution in [1.82, 2.24) is 10.1 Å². The van der Waals surface area contributed by atoms with Crippen LogP contribution in [0.4, 0.5) is 5.69 Å². The molecule has 0 atom stereocenters. The number of fused-ring (bicyclic) bond motifs is 2. The largest absolute Gasteiger partial charge is 0.452 e. The molecule has 166 valence electrons. The van der Waals surface area contributed by atoms with E-state index in [0.717, 1.165) is 35.2 Å². The normalized spacial score (nSPS) is 13.1. The van der Waals surface area contributed by atoms with Crippen LogP contribution in [0.1, 0.15) is 33.6 Å². The molecule has 2 aromatic carbocycles. The fourth-order valence-corrected chi connectivity index (χ4v) is 4.20. The fraction of sp³-hybridized carbons (Fsp3) is 0.231. The highest BCUT2D eigenvalue weighted by molar-refractivity contribution is 6.05. The van der Waals surface area contributed by atoms with E-state index in [-0.39, 0.29) is 23.8 Å². The Morgan fingerprint density at radius 3 is 2.70 bits per heavy atom. The molecule has 0 spiro atoms. The first-order chi connectivity index (χ1) is 16.0. The van der Waals surface area contributed by atoms with Gasteiger partial charge in [0.25, 0.3) is 11.6 Å². The van der Waals surface area contributed by atoms with Crippen LogP contribution in [-0.4, -0.2) is 35.2 Å². The number of esters is 1. The molecule has 0 saturated heterocycles. The summed E-state index contributed by atoms with van der Waals surface area (Å²) in [7, 11) is 0. The van der Waals surface area contributed by atoms with Crippen molar-refractivity contribution >= 4 is 28.7 Å². The highest BCUT2D eigenvalue weighted by Crippen LogP contribution is 2.29. The molecular weight excluding hydrogens is 418 g/mol. The Balaban J connectivity index is 1.41. The minimum Gasteiger partial charge on any atom is -0.452 e. The third-order valence-corrected chi connectivity index (χ3v) is 5.92. The number of aromatic nitrogens is 2. The van der Waals surface area contributed by atoms with Gasteiger partial charge in [0.15, 0.2) is 6.61 Å². The Bertz CT molecular complexity index is 1360. The number of hydrogen-bond acceptors (Lipinski definition) is 6. The number of rotatable bonds is 4. The second kappa shape index (κ2) is 8.50. The maximum Gasteiger partial charge on any atom is 0.339 e. The van der Waals surface area contributed by atoms with E-state index in [0.29, 0.717) is 23.3 Å². The van der Waals surface area contributed by atoms with Crippen molar-refractivity contribution in [3.63, 3.8) is 0 Å². The third-order valence-electron chi connectivity index (χ3n) is 5.92. The van der Waals surface area contributed by atoms with Gasteiger partial charge >= 0.3 is 5.97 Å². The van der Waals surface area contributed by atoms with E-state index >= 15 is 0 Å². The molecular formula is C26H23N3O4. The zero-order chi connectivity index (χ0) is 22.9. The SMILES string of the molecule is Cc1ccc(-c2cc(C(=O)OCC(=O)N3CCCc4ccccc43)c3c(C)noc3n2)cc1. The molecule has 0 fully saturated rings. The third kappa shape index (κ3) is 3.98. The maximum absolute atomic E-state index is 13.1. The van der Waals surface area contributed by atoms with E-state index in [1.807, 2.05) is 55.5 Å². The van der Waals surface area contributed by atoms with E-state index in [2.05, 4.69) is 10.1 Å². The van der Waals surface area contributed by atoms with Crippen LogP contribution >= 0.6 is 0 Å². The quantitative estimate of drug-likeness (QED) is 0.429. The molecule has 4 aromatic rings. The van der Waals surface area contributed by atoms with Crippen molar-refractivity contribution in [3.05, 3.63) is 77.0 Å². The maximum atomic E-state index is 13.1. The Morgan fingerprint density at radius 2 is 1.88 bits per heavy atom. The number of pyridine rings is 1. The molecule has 2 aromatic heterocycles. The summed E-state index contributed by atoms with van der Waals surface area (Å²) in [6, 6.07) is 17.3. The summed E-state index contributed by atoms with van der Waals surface area (Å²) >= 11 is 0. The smallest absolute Gasteiger partial charge is 0.339 e. The summed E-state index contributed by atoms with van der Waals surface area (Å²) < 4.78 is 10.8. The minimum absolute atomic E-state index is 0.249. The molecule has 5 rings (SSSR count). The van der Waals surface area contributed by atoms with Gasteiger partial charge in [-0.25, -0.2) is 9.78 Å². The second-order valence-corrected chi connectivity index (χ2v) is 8.22. The Kier molecular flexibility index (Phi) is 5.38. The van der Waals surface area contributed by atoms with Gasteiger partial charge < -0.3 is 14.2 Å². The number of anilines is 1. The van der Waals surface area contributed by atoms with E-state index in [1.165, 1.54) is 0 Å². The second-order valence-electron chi connectivity index (χ2n) is 8.22. The Hall–Kier alpha value is -4.00. The lowest BCUT2D eigenvalue weighted by Crippen LogP contribution is -2.38. The van der Waals surface area contributed by atoms with Crippen LogP contribution in [0.3, 0.4) is 0 Å². The van der Waals surface area contributed by atoms with Gasteiger partial charge in [-0.05, 0) is 44.4 Å². The summed E-state index contributed by atoms with van der Waals surface area (Å²) in [5, 5.41) is 4.45. The van der Waals surface area contributed by atoms with Gasteiger partial charge in [-0.3, -0.25) is 4.79 Å². The molecule has 7 nitrogen and oxygen atoms in total. The van der Waals surface area contributed by atoms with Crippen molar-refractivity contribution in [2.24, 2.45) is 0 Å². The number of benzene rings is 2. The van der Waals surface area contributed by atoms with Gasteiger partial charge in [-0.15, -0.1) is 0 Å². The molecule has 1 aliphatic rings. The summed E-state index contributed by atoms with van der Waals surface area (Å²) in [5.41, 5.74) is 5.61. The van der Waals surface area contributed by atoms with Gasteiger partial charge in [-0.1, -0.05) is 53.2 Å². The van der Waals surface area contributed by atoms with Crippen molar-refractivity contribution in [2.75, 3.05) is 18.1 Å². The molecule has 0 N–H and O–H groups in total. The lowest BCUT2D eigenvalue weighted by molar-refractivity contribution is -0.121. The number of hydrogen-bond donors (Lipinski definition) is 0. The number of carbonyl (C=O) groups excluding carboxylic acids is 2. The van der Waals surface area contributed by atoms with E-state index in [9.17, 15) is 9.59 Å². The first-order valence-corrected chi connectivity index (χ1v) is 10.9. The highest BCUT2D eigenvalue weighted by Gasteiger charge is 2.25. The average molecular weight is 441 g/mol. The summed E-state index contributed by atoms with van der Waals surface area (Å²) in [6.07, 6.45) is 1.81. The number of para-hydroxylation sites is 1. The molecule has 0 bridgehead atoms. The number of ether oxygens (including phenoxy) is 1. The zero-order valence-electron chi connectivity index (χ0n) is 18.5. The van der Waals surface area contributed by atoms with Crippen molar-refractivity contribution in [2.45, 2.75) is 26.7 Å². The Morgan fingerprint density at radius 1 is 1.09 bits per heavy atom. The predicted molar refractivity (Wildman–Crippen MR) is 124 cm³/mol. The molecule has 7 heteroatoms. The molecule has 0 unspecified atom stereocenters. The molecule has 0 saturated carbocycles. The first kappa shape index (κ1) is 20.9. The van der Waals surface area contributed by atoms with Crippen LogP contribution in [0.2, 0.25) is 0 Å². The van der Waals surface area contributed by atoms with Crippen molar-refractivity contribution < 1.29 is 18.8 Å². The number of nitrogens with zero attached hydrogens (tertiary/aromatic N) is 3. The van der Waals surface area contributed by atoms with E-state index in [4.69, 9.17) is 9.26 Å². The van der Waals surface area contributed by atoms with E-state index in [1.54, 1.807) is 17.9 Å².